The minimum atomic E-state index is -0.748. The van der Waals surface area contributed by atoms with Crippen molar-refractivity contribution in [2.24, 2.45) is 0 Å². The maximum absolute atomic E-state index is 9.51. The maximum Gasteiger partial charge on any atom is 0.166 e. The van der Waals surface area contributed by atoms with Crippen LogP contribution < -0.4 is 9.47 Å². The zero-order valence-corrected chi connectivity index (χ0v) is 11.1. The van der Waals surface area contributed by atoms with Crippen LogP contribution in [-0.2, 0) is 11.3 Å². The van der Waals surface area contributed by atoms with Gasteiger partial charge in [0.05, 0.1) is 20.3 Å². The number of methoxy groups -OCH3 is 2. The van der Waals surface area contributed by atoms with E-state index in [1.54, 1.807) is 12.1 Å². The predicted octanol–water partition coefficient (Wildman–Crippen LogP) is 1.23. The molecule has 0 saturated heterocycles. The fourth-order valence-electron chi connectivity index (χ4n) is 1.48. The highest BCUT2D eigenvalue weighted by Crippen LogP contribution is 2.34. The highest BCUT2D eigenvalue weighted by Gasteiger charge is 2.14. The molecule has 0 amide bonds. The molecule has 1 aromatic rings. The van der Waals surface area contributed by atoms with Gasteiger partial charge in [0, 0.05) is 23.8 Å². The number of aliphatic hydroxyl groups excluding tert-OH is 2. The zero-order chi connectivity index (χ0) is 13.5. The van der Waals surface area contributed by atoms with Crippen molar-refractivity contribution in [3.05, 3.63) is 22.7 Å². The lowest BCUT2D eigenvalue weighted by atomic mass is 10.2. The molecule has 0 aromatic heterocycles. The lowest BCUT2D eigenvalue weighted by Crippen LogP contribution is -2.23. The van der Waals surface area contributed by atoms with E-state index in [1.165, 1.54) is 14.2 Å². The van der Waals surface area contributed by atoms with Crippen molar-refractivity contribution in [2.75, 3.05) is 27.4 Å². The van der Waals surface area contributed by atoms with Gasteiger partial charge in [0.1, 0.15) is 12.7 Å². The minimum Gasteiger partial charge on any atom is -0.493 e. The Kier molecular flexibility index (Phi) is 6.21. The van der Waals surface area contributed by atoms with Gasteiger partial charge in [-0.15, -0.1) is 0 Å². The molecule has 1 atom stereocenters. The summed E-state index contributed by atoms with van der Waals surface area (Å²) in [4.78, 5) is 0. The summed E-state index contributed by atoms with van der Waals surface area (Å²) < 4.78 is 15.4. The minimum absolute atomic E-state index is 0.0405. The Morgan fingerprint density at radius 3 is 2.56 bits per heavy atom. The van der Waals surface area contributed by atoms with E-state index < -0.39 is 6.10 Å². The second-order valence-corrected chi connectivity index (χ2v) is 4.11. The first-order valence-corrected chi connectivity index (χ1v) is 5.77. The van der Waals surface area contributed by atoms with Crippen LogP contribution >= 0.6 is 11.6 Å². The summed E-state index contributed by atoms with van der Waals surface area (Å²) in [6.07, 6.45) is -0.748. The Morgan fingerprint density at radius 2 is 2.00 bits per heavy atom. The topological polar surface area (TPSA) is 68.2 Å². The third kappa shape index (κ3) is 4.03. The molecule has 102 valence electrons. The van der Waals surface area contributed by atoms with Gasteiger partial charge in [-0.2, -0.15) is 0 Å². The van der Waals surface area contributed by atoms with Gasteiger partial charge in [-0.3, -0.25) is 0 Å². The van der Waals surface area contributed by atoms with Gasteiger partial charge in [0.2, 0.25) is 0 Å². The summed E-state index contributed by atoms with van der Waals surface area (Å²) in [5, 5.41) is 19.2. The van der Waals surface area contributed by atoms with E-state index in [4.69, 9.17) is 25.8 Å². The summed E-state index contributed by atoms with van der Waals surface area (Å²) in [5.74, 6) is 0.788. The van der Waals surface area contributed by atoms with Gasteiger partial charge in [0.15, 0.2) is 11.5 Å². The van der Waals surface area contributed by atoms with Gasteiger partial charge in [0.25, 0.3) is 0 Å². The first kappa shape index (κ1) is 15.0. The standard InChI is InChI=1S/C12H17ClO5/c1-16-6-10(15)7-18-12-8(5-14)3-9(13)4-11(12)17-2/h3-4,10,14-15H,5-7H2,1-2H3. The molecule has 0 aliphatic carbocycles. The highest BCUT2D eigenvalue weighted by atomic mass is 35.5. The molecular formula is C12H17ClO5. The number of hydrogen-bond acceptors (Lipinski definition) is 5. The van der Waals surface area contributed by atoms with Crippen molar-refractivity contribution < 1.29 is 24.4 Å². The van der Waals surface area contributed by atoms with Crippen LogP contribution in [0.3, 0.4) is 0 Å². The number of benzene rings is 1. The lowest BCUT2D eigenvalue weighted by molar-refractivity contribution is 0.0313. The molecule has 6 heteroatoms. The molecule has 0 aliphatic rings. The van der Waals surface area contributed by atoms with E-state index in [9.17, 15) is 10.2 Å². The normalized spacial score (nSPS) is 12.3. The van der Waals surface area contributed by atoms with Crippen LogP contribution in [-0.4, -0.2) is 43.8 Å². The van der Waals surface area contributed by atoms with E-state index in [1.807, 2.05) is 0 Å². The Bertz CT molecular complexity index is 358. The molecule has 1 rings (SSSR count). The first-order valence-electron chi connectivity index (χ1n) is 5.39. The zero-order valence-electron chi connectivity index (χ0n) is 10.4. The van der Waals surface area contributed by atoms with Crippen molar-refractivity contribution >= 4 is 11.6 Å². The first-order chi connectivity index (χ1) is 8.62. The molecule has 0 bridgehead atoms. The van der Waals surface area contributed by atoms with Crippen LogP contribution in [0, 0.1) is 0 Å². The molecule has 18 heavy (non-hydrogen) atoms. The summed E-state index contributed by atoms with van der Waals surface area (Å²) >= 11 is 5.88. The maximum atomic E-state index is 9.51. The molecule has 5 nitrogen and oxygen atoms in total. The SMILES string of the molecule is COCC(O)COc1c(CO)cc(Cl)cc1OC. The van der Waals surface area contributed by atoms with Gasteiger partial charge in [-0.05, 0) is 6.07 Å². The largest absolute Gasteiger partial charge is 0.493 e. The van der Waals surface area contributed by atoms with Crippen molar-refractivity contribution in [3.8, 4) is 11.5 Å². The van der Waals surface area contributed by atoms with Crippen LogP contribution in [0.4, 0.5) is 0 Å². The average Bonchev–Trinajstić information content (AvgIpc) is 2.36. The highest BCUT2D eigenvalue weighted by molar-refractivity contribution is 6.30. The number of ether oxygens (including phenoxy) is 3. The lowest BCUT2D eigenvalue weighted by Gasteiger charge is -2.16. The molecule has 0 fully saturated rings. The van der Waals surface area contributed by atoms with Gasteiger partial charge in [-0.1, -0.05) is 11.6 Å². The third-order valence-corrected chi connectivity index (χ3v) is 2.48. The molecule has 2 N–H and O–H groups in total. The number of aliphatic hydroxyl groups is 2. The van der Waals surface area contributed by atoms with Gasteiger partial charge >= 0.3 is 0 Å². The summed E-state index contributed by atoms with van der Waals surface area (Å²) in [6.45, 7) is -0.0180. The van der Waals surface area contributed by atoms with Crippen LogP contribution in [0.25, 0.3) is 0 Å². The number of halogens is 1. The molecule has 1 unspecified atom stereocenters. The summed E-state index contributed by atoms with van der Waals surface area (Å²) in [5.41, 5.74) is 0.504. The Morgan fingerprint density at radius 1 is 1.28 bits per heavy atom. The molecular weight excluding hydrogens is 260 g/mol. The van der Waals surface area contributed by atoms with Crippen molar-refractivity contribution in [1.29, 1.82) is 0 Å². The van der Waals surface area contributed by atoms with Crippen molar-refractivity contribution in [1.82, 2.24) is 0 Å². The van der Waals surface area contributed by atoms with Crippen molar-refractivity contribution in [3.63, 3.8) is 0 Å². The van der Waals surface area contributed by atoms with E-state index in [0.29, 0.717) is 22.1 Å². The summed E-state index contributed by atoms with van der Waals surface area (Å²) in [6, 6.07) is 3.17. The van der Waals surface area contributed by atoms with E-state index in [-0.39, 0.29) is 19.8 Å². The van der Waals surface area contributed by atoms with Crippen LogP contribution in [0.15, 0.2) is 12.1 Å². The Balaban J connectivity index is 2.85. The molecule has 0 radical (unpaired) electrons. The van der Waals surface area contributed by atoms with Crippen molar-refractivity contribution in [2.45, 2.75) is 12.7 Å². The molecule has 0 saturated carbocycles. The second kappa shape index (κ2) is 7.43. The predicted molar refractivity (Wildman–Crippen MR) is 67.3 cm³/mol. The van der Waals surface area contributed by atoms with Gasteiger partial charge < -0.3 is 24.4 Å². The number of hydrogen-bond donors (Lipinski definition) is 2. The molecule has 0 heterocycles. The van der Waals surface area contributed by atoms with Gasteiger partial charge in [-0.25, -0.2) is 0 Å². The van der Waals surface area contributed by atoms with E-state index >= 15 is 0 Å². The van der Waals surface area contributed by atoms with E-state index in [0.717, 1.165) is 0 Å². The Hall–Kier alpha value is -1.01. The third-order valence-electron chi connectivity index (χ3n) is 2.27. The fraction of sp³-hybridized carbons (Fsp3) is 0.500. The van der Waals surface area contributed by atoms with Crippen LogP contribution in [0.5, 0.6) is 11.5 Å². The monoisotopic (exact) mass is 276 g/mol. The average molecular weight is 277 g/mol. The quantitative estimate of drug-likeness (QED) is 0.784. The van der Waals surface area contributed by atoms with Crippen LogP contribution in [0.2, 0.25) is 5.02 Å². The molecule has 0 spiro atoms. The second-order valence-electron chi connectivity index (χ2n) is 3.67. The molecule has 1 aromatic carbocycles. The van der Waals surface area contributed by atoms with Crippen LogP contribution in [0.1, 0.15) is 5.56 Å². The molecule has 0 aliphatic heterocycles. The number of rotatable bonds is 7. The Labute approximate surface area is 111 Å². The van der Waals surface area contributed by atoms with E-state index in [2.05, 4.69) is 0 Å². The smallest absolute Gasteiger partial charge is 0.166 e. The summed E-state index contributed by atoms with van der Waals surface area (Å²) in [7, 11) is 2.97. The fourth-order valence-corrected chi connectivity index (χ4v) is 1.71.